The van der Waals surface area contributed by atoms with Crippen molar-refractivity contribution >= 4 is 21.8 Å². The molecule has 2 aliphatic rings. The Kier molecular flexibility index (Phi) is 6.71. The molecule has 0 saturated carbocycles. The minimum Gasteiger partial charge on any atom is -0.454 e. The number of rotatable bonds is 4. The zero-order valence-electron chi connectivity index (χ0n) is 30.4. The lowest BCUT2D eigenvalue weighted by Crippen LogP contribution is -2.33. The van der Waals surface area contributed by atoms with Crippen LogP contribution in [0.25, 0.3) is 73.0 Å². The fraction of sp³-hybridized carbons (Fsp3) is 0.0200. The van der Waals surface area contributed by atoms with Gasteiger partial charge >= 0.3 is 0 Å². The normalized spacial score (nSPS) is 13.2. The van der Waals surface area contributed by atoms with Gasteiger partial charge in [-0.25, -0.2) is 15.0 Å². The van der Waals surface area contributed by atoms with E-state index in [9.17, 15) is 0 Å². The summed E-state index contributed by atoms with van der Waals surface area (Å²) < 4.78 is 9.79. The molecule has 266 valence electrons. The van der Waals surface area contributed by atoms with Crippen LogP contribution in [0.3, 0.4) is 0 Å². The first-order valence-electron chi connectivity index (χ1n) is 19.0. The van der Waals surface area contributed by atoms with E-state index in [4.69, 9.17) is 29.7 Å². The van der Waals surface area contributed by atoms with Crippen molar-refractivity contribution in [3.05, 3.63) is 205 Å². The van der Waals surface area contributed by atoms with E-state index in [0.29, 0.717) is 23.2 Å². The summed E-state index contributed by atoms with van der Waals surface area (Å²) in [5.41, 5.74) is 10.6. The first kappa shape index (κ1) is 31.6. The van der Waals surface area contributed by atoms with Crippen molar-refractivity contribution in [2.45, 2.75) is 5.41 Å². The lowest BCUT2D eigenvalue weighted by Gasteiger charge is -2.40. The maximum absolute atomic E-state index is 7.46. The van der Waals surface area contributed by atoms with E-state index in [2.05, 4.69) is 102 Å². The van der Waals surface area contributed by atoms with Gasteiger partial charge in [-0.1, -0.05) is 133 Å². The number of benzene rings is 6. The number of hydrogen-bond donors (Lipinski definition) is 0. The predicted molar refractivity (Wildman–Crippen MR) is 223 cm³/mol. The highest BCUT2D eigenvalue weighted by molar-refractivity contribution is 6.09. The van der Waals surface area contributed by atoms with Crippen molar-refractivity contribution in [2.24, 2.45) is 0 Å². The molecule has 0 amide bonds. The van der Waals surface area contributed by atoms with Gasteiger partial charge in [-0.15, -0.1) is 0 Å². The Morgan fingerprint density at radius 3 is 1.49 bits per heavy atom. The summed E-state index contributed by atoms with van der Waals surface area (Å²) in [6.45, 7) is 0. The molecule has 0 atom stereocenters. The van der Waals surface area contributed by atoms with Crippen LogP contribution >= 0.6 is 0 Å². The Hall–Kier alpha value is -7.77. The fourth-order valence-corrected chi connectivity index (χ4v) is 9.10. The third-order valence-corrected chi connectivity index (χ3v) is 11.4. The number of pyridine rings is 2. The van der Waals surface area contributed by atoms with Crippen LogP contribution in [0.5, 0.6) is 11.5 Å². The van der Waals surface area contributed by atoms with Crippen LogP contribution in [0.1, 0.15) is 22.3 Å². The van der Waals surface area contributed by atoms with Gasteiger partial charge in [0.25, 0.3) is 0 Å². The van der Waals surface area contributed by atoms with Crippen LogP contribution in [0.15, 0.2) is 182 Å². The Morgan fingerprint density at radius 2 is 0.895 bits per heavy atom. The van der Waals surface area contributed by atoms with Crippen LogP contribution in [0.2, 0.25) is 0 Å². The molecule has 0 unspecified atom stereocenters. The molecule has 4 aromatic heterocycles. The van der Waals surface area contributed by atoms with Crippen LogP contribution in [-0.2, 0) is 5.41 Å². The quantitative estimate of drug-likeness (QED) is 0.179. The van der Waals surface area contributed by atoms with Crippen molar-refractivity contribution < 1.29 is 4.74 Å². The van der Waals surface area contributed by atoms with Crippen molar-refractivity contribution in [1.29, 1.82) is 0 Å². The first-order chi connectivity index (χ1) is 28.3. The minimum absolute atomic E-state index is 0.517. The summed E-state index contributed by atoms with van der Waals surface area (Å²) in [6.07, 6.45) is 3.70. The van der Waals surface area contributed by atoms with E-state index in [1.807, 2.05) is 85.2 Å². The third kappa shape index (κ3) is 4.45. The smallest absolute Gasteiger partial charge is 0.167 e. The van der Waals surface area contributed by atoms with Gasteiger partial charge in [-0.05, 0) is 47.5 Å². The van der Waals surface area contributed by atoms with Crippen LogP contribution < -0.4 is 4.74 Å². The van der Waals surface area contributed by atoms with E-state index in [1.54, 1.807) is 0 Å². The lowest BCUT2D eigenvalue weighted by atomic mass is 9.66. The summed E-state index contributed by atoms with van der Waals surface area (Å²) in [4.78, 5) is 25.3. The van der Waals surface area contributed by atoms with Gasteiger partial charge in [0.2, 0.25) is 0 Å². The van der Waals surface area contributed by atoms with E-state index in [-0.39, 0.29) is 0 Å². The monoisotopic (exact) mass is 730 g/mol. The summed E-state index contributed by atoms with van der Waals surface area (Å²) in [6, 6.07) is 58.5. The summed E-state index contributed by atoms with van der Waals surface area (Å²) >= 11 is 0. The molecule has 0 fully saturated rings. The second-order valence-corrected chi connectivity index (χ2v) is 14.4. The molecule has 7 nitrogen and oxygen atoms in total. The van der Waals surface area contributed by atoms with Gasteiger partial charge in [0, 0.05) is 45.4 Å². The molecule has 1 aliphatic carbocycles. The van der Waals surface area contributed by atoms with E-state index in [0.717, 1.165) is 72.8 Å². The molecule has 5 heterocycles. The molecular weight excluding hydrogens is 701 g/mol. The van der Waals surface area contributed by atoms with Gasteiger partial charge in [-0.2, -0.15) is 0 Å². The Bertz CT molecular complexity index is 3070. The predicted octanol–water partition coefficient (Wildman–Crippen LogP) is 11.2. The van der Waals surface area contributed by atoms with E-state index >= 15 is 0 Å². The average Bonchev–Trinajstić information content (AvgIpc) is 3.77. The fourth-order valence-electron chi connectivity index (χ4n) is 9.10. The number of ether oxygens (including phenoxy) is 1. The van der Waals surface area contributed by atoms with Gasteiger partial charge in [0.1, 0.15) is 5.75 Å². The molecule has 7 heteroatoms. The highest BCUT2D eigenvalue weighted by atomic mass is 16.5. The second kappa shape index (κ2) is 12.1. The Balaban J connectivity index is 1.20. The summed E-state index contributed by atoms with van der Waals surface area (Å²) in [7, 11) is 0. The average molecular weight is 731 g/mol. The number of hydrogen-bond acceptors (Lipinski definition) is 6. The maximum atomic E-state index is 7.46. The molecule has 1 spiro atoms. The van der Waals surface area contributed by atoms with E-state index in [1.165, 1.54) is 10.8 Å². The minimum atomic E-state index is -0.821. The molecule has 10 aromatic rings. The number of fused-ring (bicyclic) bond motifs is 12. The van der Waals surface area contributed by atoms with Gasteiger partial charge in [0.15, 0.2) is 23.2 Å². The molecule has 0 saturated heterocycles. The van der Waals surface area contributed by atoms with Crippen molar-refractivity contribution in [3.8, 4) is 62.7 Å². The molecular formula is C50H30N6O. The zero-order valence-corrected chi connectivity index (χ0v) is 30.4. The topological polar surface area (TPSA) is 78.6 Å². The molecule has 0 N–H and O–H groups in total. The zero-order chi connectivity index (χ0) is 37.5. The van der Waals surface area contributed by atoms with Crippen LogP contribution in [-0.4, -0.2) is 29.5 Å². The molecule has 6 aromatic carbocycles. The van der Waals surface area contributed by atoms with Crippen molar-refractivity contribution in [2.75, 3.05) is 0 Å². The first-order valence-corrected chi connectivity index (χ1v) is 19.0. The summed E-state index contributed by atoms with van der Waals surface area (Å²) in [5.74, 6) is 3.10. The maximum Gasteiger partial charge on any atom is 0.167 e. The molecule has 0 bridgehead atoms. The standard InChI is InChI=1S/C50H30N6O/c1-3-15-31(16-4-1)47-53-48(32-17-5-2-6-18-32)55-49(54-47)35-21-11-22-38-45(35)57-46-39(50(38)36-24-13-29-51-43(36)44-37(50)25-14-30-52-44)23-12-28-42(46)56-40-26-9-7-19-33(40)34-20-8-10-27-41(34)56/h1-30H. The molecule has 0 radical (unpaired) electrons. The Morgan fingerprint density at radius 1 is 0.404 bits per heavy atom. The number of aromatic nitrogens is 6. The molecule has 1 aliphatic heterocycles. The van der Waals surface area contributed by atoms with E-state index < -0.39 is 5.41 Å². The Labute approximate surface area is 327 Å². The highest BCUT2D eigenvalue weighted by Crippen LogP contribution is 2.63. The SMILES string of the molecule is c1ccc(-c2nc(-c3ccccc3)nc(-c3cccc4c3Oc3c(-n5c6ccccc6c6ccccc65)cccc3C43c4cccnc4-c4ncccc43)n2)cc1. The van der Waals surface area contributed by atoms with Crippen molar-refractivity contribution in [3.63, 3.8) is 0 Å². The molecule has 57 heavy (non-hydrogen) atoms. The molecule has 12 rings (SSSR count). The lowest BCUT2D eigenvalue weighted by molar-refractivity contribution is 0.436. The van der Waals surface area contributed by atoms with Crippen LogP contribution in [0, 0.1) is 0 Å². The van der Waals surface area contributed by atoms with Crippen molar-refractivity contribution in [1.82, 2.24) is 29.5 Å². The summed E-state index contributed by atoms with van der Waals surface area (Å²) in [5, 5.41) is 2.35. The second-order valence-electron chi connectivity index (χ2n) is 14.4. The number of nitrogens with zero attached hydrogens (tertiary/aromatic N) is 6. The largest absolute Gasteiger partial charge is 0.454 e. The van der Waals surface area contributed by atoms with Gasteiger partial charge in [-0.3, -0.25) is 9.97 Å². The third-order valence-electron chi connectivity index (χ3n) is 11.4. The van der Waals surface area contributed by atoms with Gasteiger partial charge < -0.3 is 9.30 Å². The van der Waals surface area contributed by atoms with Crippen LogP contribution in [0.4, 0.5) is 0 Å². The number of para-hydroxylation sites is 4. The van der Waals surface area contributed by atoms with Gasteiger partial charge in [0.05, 0.1) is 39.1 Å². The highest BCUT2D eigenvalue weighted by Gasteiger charge is 2.53.